The zero-order valence-electron chi connectivity index (χ0n) is 8.32. The van der Waals surface area contributed by atoms with Gasteiger partial charge in [-0.2, -0.15) is 0 Å². The first-order chi connectivity index (χ1) is 7.99. The van der Waals surface area contributed by atoms with Crippen LogP contribution >= 0.6 is 39.1 Å². The van der Waals surface area contributed by atoms with E-state index < -0.39 is 5.97 Å². The molecule has 0 fully saturated rings. The van der Waals surface area contributed by atoms with Crippen molar-refractivity contribution in [3.8, 4) is 5.69 Å². The smallest absolute Gasteiger partial charge is 0.352 e. The fourth-order valence-electron chi connectivity index (χ4n) is 1.46. The minimum absolute atomic E-state index is 0.0815. The summed E-state index contributed by atoms with van der Waals surface area (Å²) < 4.78 is 2.21. The third-order valence-electron chi connectivity index (χ3n) is 2.17. The first-order valence-corrected chi connectivity index (χ1v) is 6.10. The van der Waals surface area contributed by atoms with Gasteiger partial charge >= 0.3 is 5.97 Å². The highest BCUT2D eigenvalue weighted by Gasteiger charge is 2.15. The number of carboxylic acid groups (broad SMARTS) is 1. The van der Waals surface area contributed by atoms with Crippen molar-refractivity contribution in [3.63, 3.8) is 0 Å². The van der Waals surface area contributed by atoms with Crippen LogP contribution in [0.1, 0.15) is 10.5 Å². The van der Waals surface area contributed by atoms with E-state index in [0.29, 0.717) is 15.7 Å². The lowest BCUT2D eigenvalue weighted by molar-refractivity contribution is 0.0688. The Balaban J connectivity index is 2.67. The van der Waals surface area contributed by atoms with E-state index in [9.17, 15) is 4.79 Å². The van der Waals surface area contributed by atoms with Crippen LogP contribution in [0.3, 0.4) is 0 Å². The highest BCUT2D eigenvalue weighted by molar-refractivity contribution is 9.10. The quantitative estimate of drug-likeness (QED) is 0.892. The highest BCUT2D eigenvalue weighted by atomic mass is 79.9. The molecular formula is C11H6BrCl2NO2. The summed E-state index contributed by atoms with van der Waals surface area (Å²) in [4.78, 5) is 11.1. The molecule has 0 aliphatic rings. The Morgan fingerprint density at radius 1 is 1.24 bits per heavy atom. The molecule has 1 aromatic heterocycles. The summed E-state index contributed by atoms with van der Waals surface area (Å²) in [6.07, 6.45) is 1.53. The van der Waals surface area contributed by atoms with Crippen molar-refractivity contribution < 1.29 is 9.90 Å². The maximum atomic E-state index is 11.1. The number of halogens is 3. The molecule has 0 saturated heterocycles. The van der Waals surface area contributed by atoms with Gasteiger partial charge in [0.25, 0.3) is 0 Å². The third-order valence-corrected chi connectivity index (χ3v) is 3.29. The average molecular weight is 335 g/mol. The molecule has 0 bridgehead atoms. The fraction of sp³-hybridized carbons (Fsp3) is 0. The summed E-state index contributed by atoms with van der Waals surface area (Å²) in [6, 6.07) is 6.50. The van der Waals surface area contributed by atoms with Crippen molar-refractivity contribution >= 4 is 45.1 Å². The number of aromatic nitrogens is 1. The van der Waals surface area contributed by atoms with E-state index in [2.05, 4.69) is 15.9 Å². The number of carboxylic acids is 1. The van der Waals surface area contributed by atoms with Crippen molar-refractivity contribution in [1.82, 2.24) is 4.57 Å². The number of hydrogen-bond donors (Lipinski definition) is 1. The maximum absolute atomic E-state index is 11.1. The summed E-state index contributed by atoms with van der Waals surface area (Å²) in [5.41, 5.74) is 0.708. The molecule has 17 heavy (non-hydrogen) atoms. The molecule has 0 amide bonds. The topological polar surface area (TPSA) is 42.2 Å². The van der Waals surface area contributed by atoms with Gasteiger partial charge < -0.3 is 9.67 Å². The summed E-state index contributed by atoms with van der Waals surface area (Å²) in [7, 11) is 0. The SMILES string of the molecule is O=C(O)c1cc(Cl)cn1-c1cc(Cl)ccc1Br. The van der Waals surface area contributed by atoms with Gasteiger partial charge in [-0.1, -0.05) is 23.2 Å². The molecule has 0 spiro atoms. The number of carbonyl (C=O) groups is 1. The minimum atomic E-state index is -1.05. The van der Waals surface area contributed by atoms with Crippen molar-refractivity contribution in [2.75, 3.05) is 0 Å². The predicted molar refractivity (Wildman–Crippen MR) is 70.4 cm³/mol. The van der Waals surface area contributed by atoms with Crippen LogP contribution in [-0.2, 0) is 0 Å². The van der Waals surface area contributed by atoms with Crippen molar-refractivity contribution in [2.45, 2.75) is 0 Å². The fourth-order valence-corrected chi connectivity index (χ4v) is 2.27. The molecule has 2 rings (SSSR count). The van der Waals surface area contributed by atoms with Gasteiger partial charge in [-0.15, -0.1) is 0 Å². The molecule has 3 nitrogen and oxygen atoms in total. The highest BCUT2D eigenvalue weighted by Crippen LogP contribution is 2.28. The van der Waals surface area contributed by atoms with E-state index in [0.717, 1.165) is 4.47 Å². The number of aromatic carboxylic acids is 1. The van der Waals surface area contributed by atoms with E-state index in [1.165, 1.54) is 16.8 Å². The van der Waals surface area contributed by atoms with Gasteiger partial charge in [-0.25, -0.2) is 4.79 Å². The van der Waals surface area contributed by atoms with E-state index in [4.69, 9.17) is 28.3 Å². The molecule has 0 atom stereocenters. The summed E-state index contributed by atoms with van der Waals surface area (Å²) in [5, 5.41) is 9.95. The normalized spacial score (nSPS) is 10.5. The molecule has 2 aromatic rings. The Labute approximate surface area is 116 Å². The number of nitrogens with zero attached hydrogens (tertiary/aromatic N) is 1. The van der Waals surface area contributed by atoms with Gasteiger partial charge in [0.1, 0.15) is 5.69 Å². The average Bonchev–Trinajstić information content (AvgIpc) is 2.64. The standard InChI is InChI=1S/C11H6BrCl2NO2/c12-8-2-1-6(13)3-9(8)15-5-7(14)4-10(15)11(16)17/h1-5H,(H,16,17). The lowest BCUT2D eigenvalue weighted by atomic mass is 10.3. The molecule has 6 heteroatoms. The van der Waals surface area contributed by atoms with E-state index in [1.54, 1.807) is 18.2 Å². The molecule has 0 aliphatic carbocycles. The van der Waals surface area contributed by atoms with Gasteiger partial charge in [-0.05, 0) is 40.2 Å². The molecule has 1 heterocycles. The molecule has 1 N–H and O–H groups in total. The van der Waals surface area contributed by atoms with E-state index >= 15 is 0 Å². The largest absolute Gasteiger partial charge is 0.477 e. The van der Waals surface area contributed by atoms with Gasteiger partial charge in [0.15, 0.2) is 0 Å². The molecular weight excluding hydrogens is 329 g/mol. The zero-order chi connectivity index (χ0) is 12.6. The summed E-state index contributed by atoms with van der Waals surface area (Å²) >= 11 is 15.1. The van der Waals surface area contributed by atoms with Crippen LogP contribution in [0, 0.1) is 0 Å². The number of rotatable bonds is 2. The van der Waals surface area contributed by atoms with Gasteiger partial charge in [0, 0.05) is 15.7 Å². The molecule has 0 radical (unpaired) electrons. The Morgan fingerprint density at radius 2 is 1.94 bits per heavy atom. The van der Waals surface area contributed by atoms with Crippen LogP contribution in [0.25, 0.3) is 5.69 Å². The van der Waals surface area contributed by atoms with Crippen molar-refractivity contribution in [3.05, 3.63) is 50.7 Å². The molecule has 1 aromatic carbocycles. The number of hydrogen-bond acceptors (Lipinski definition) is 1. The first kappa shape index (κ1) is 12.5. The van der Waals surface area contributed by atoms with Crippen molar-refractivity contribution in [1.29, 1.82) is 0 Å². The first-order valence-electron chi connectivity index (χ1n) is 4.55. The Morgan fingerprint density at radius 3 is 2.59 bits per heavy atom. The monoisotopic (exact) mass is 333 g/mol. The molecule has 88 valence electrons. The second-order valence-corrected chi connectivity index (χ2v) is 5.04. The van der Waals surface area contributed by atoms with Crippen LogP contribution in [0.2, 0.25) is 10.0 Å². The van der Waals surface area contributed by atoms with Crippen LogP contribution in [0.15, 0.2) is 34.9 Å². The Bertz CT molecular complexity index is 595. The zero-order valence-corrected chi connectivity index (χ0v) is 11.4. The van der Waals surface area contributed by atoms with Gasteiger partial charge in [-0.3, -0.25) is 0 Å². The minimum Gasteiger partial charge on any atom is -0.477 e. The Hall–Kier alpha value is -0.970. The van der Waals surface area contributed by atoms with E-state index in [-0.39, 0.29) is 5.69 Å². The maximum Gasteiger partial charge on any atom is 0.352 e. The van der Waals surface area contributed by atoms with Crippen LogP contribution in [-0.4, -0.2) is 15.6 Å². The van der Waals surface area contributed by atoms with Gasteiger partial charge in [0.05, 0.1) is 10.7 Å². The molecule has 0 aliphatic heterocycles. The van der Waals surface area contributed by atoms with Crippen LogP contribution in [0.4, 0.5) is 0 Å². The summed E-state index contributed by atoms with van der Waals surface area (Å²) in [5.74, 6) is -1.05. The predicted octanol–water partition coefficient (Wildman–Crippen LogP) is 4.24. The third kappa shape index (κ3) is 2.49. The van der Waals surface area contributed by atoms with Crippen LogP contribution in [0.5, 0.6) is 0 Å². The lowest BCUT2D eigenvalue weighted by Gasteiger charge is -2.08. The second kappa shape index (κ2) is 4.72. The van der Waals surface area contributed by atoms with Gasteiger partial charge in [0.2, 0.25) is 0 Å². The van der Waals surface area contributed by atoms with Crippen LogP contribution < -0.4 is 0 Å². The van der Waals surface area contributed by atoms with E-state index in [1.807, 2.05) is 0 Å². The number of benzene rings is 1. The molecule has 0 saturated carbocycles. The summed E-state index contributed by atoms with van der Waals surface area (Å²) in [6.45, 7) is 0. The Kier molecular flexibility index (Phi) is 3.47. The molecule has 0 unspecified atom stereocenters. The second-order valence-electron chi connectivity index (χ2n) is 3.31. The van der Waals surface area contributed by atoms with Crippen molar-refractivity contribution in [2.24, 2.45) is 0 Å². The lowest BCUT2D eigenvalue weighted by Crippen LogP contribution is -2.06.